The van der Waals surface area contributed by atoms with Crippen LogP contribution in [0, 0.1) is 0 Å². The summed E-state index contributed by atoms with van der Waals surface area (Å²) in [6.07, 6.45) is 2.21. The van der Waals surface area contributed by atoms with Crippen LogP contribution in [0.5, 0.6) is 0 Å². The van der Waals surface area contributed by atoms with E-state index in [-0.39, 0.29) is 0 Å². The van der Waals surface area contributed by atoms with Crippen molar-refractivity contribution < 1.29 is 0 Å². The molecular formula is C16H27ClN4. The third-order valence-electron chi connectivity index (χ3n) is 4.01. The van der Waals surface area contributed by atoms with Gasteiger partial charge in [-0.15, -0.1) is 0 Å². The molecule has 4 nitrogen and oxygen atoms in total. The zero-order valence-electron chi connectivity index (χ0n) is 12.9. The molecule has 0 saturated carbocycles. The van der Waals surface area contributed by atoms with Crippen molar-refractivity contribution in [3.8, 4) is 0 Å². The van der Waals surface area contributed by atoms with Gasteiger partial charge in [-0.3, -0.25) is 0 Å². The Morgan fingerprint density at radius 1 is 1.19 bits per heavy atom. The van der Waals surface area contributed by atoms with Gasteiger partial charge in [0, 0.05) is 50.0 Å². The molecule has 0 atom stereocenters. The summed E-state index contributed by atoms with van der Waals surface area (Å²) in [6, 6.07) is 6.30. The van der Waals surface area contributed by atoms with Gasteiger partial charge in [-0.1, -0.05) is 17.7 Å². The monoisotopic (exact) mass is 310 g/mol. The molecule has 1 aromatic rings. The Hall–Kier alpha value is -0.810. The molecular weight excluding hydrogens is 284 g/mol. The highest BCUT2D eigenvalue weighted by molar-refractivity contribution is 6.30. The van der Waals surface area contributed by atoms with Crippen LogP contribution in [-0.2, 0) is 6.42 Å². The number of hydrogen-bond donors (Lipinski definition) is 2. The van der Waals surface area contributed by atoms with Gasteiger partial charge in [-0.05, 0) is 44.1 Å². The van der Waals surface area contributed by atoms with E-state index in [1.165, 1.54) is 11.3 Å². The number of nitrogens with one attached hydrogen (secondary N) is 1. The molecule has 1 saturated heterocycles. The second-order valence-corrected chi connectivity index (χ2v) is 6.14. The van der Waals surface area contributed by atoms with Crippen LogP contribution in [0.4, 0.5) is 5.69 Å². The predicted molar refractivity (Wildman–Crippen MR) is 91.4 cm³/mol. The van der Waals surface area contributed by atoms with Crippen LogP contribution >= 0.6 is 11.6 Å². The maximum absolute atomic E-state index is 6.20. The van der Waals surface area contributed by atoms with Crippen molar-refractivity contribution in [3.05, 3.63) is 28.8 Å². The van der Waals surface area contributed by atoms with E-state index in [1.807, 2.05) is 6.07 Å². The minimum absolute atomic E-state index is 0.702. The average molecular weight is 311 g/mol. The van der Waals surface area contributed by atoms with E-state index >= 15 is 0 Å². The van der Waals surface area contributed by atoms with E-state index < -0.39 is 0 Å². The lowest BCUT2D eigenvalue weighted by Gasteiger charge is -2.35. The number of aryl methyl sites for hydroxylation is 1. The highest BCUT2D eigenvalue weighted by atomic mass is 35.5. The van der Waals surface area contributed by atoms with Crippen LogP contribution < -0.4 is 16.0 Å². The van der Waals surface area contributed by atoms with Crippen molar-refractivity contribution in [1.82, 2.24) is 10.2 Å². The molecule has 1 aromatic carbocycles. The number of likely N-dealkylation sites (N-methyl/N-ethyl adjacent to an activating group) is 1. The van der Waals surface area contributed by atoms with Crippen molar-refractivity contribution >= 4 is 17.3 Å². The fraction of sp³-hybridized carbons (Fsp3) is 0.625. The van der Waals surface area contributed by atoms with Crippen LogP contribution in [-0.4, -0.2) is 57.8 Å². The van der Waals surface area contributed by atoms with E-state index in [0.29, 0.717) is 6.54 Å². The van der Waals surface area contributed by atoms with Crippen LogP contribution in [0.2, 0.25) is 5.02 Å². The number of anilines is 1. The summed E-state index contributed by atoms with van der Waals surface area (Å²) in [5, 5.41) is 4.18. The maximum Gasteiger partial charge on any atom is 0.0426 e. The summed E-state index contributed by atoms with van der Waals surface area (Å²) < 4.78 is 0. The van der Waals surface area contributed by atoms with E-state index in [1.54, 1.807) is 0 Å². The Bertz CT molecular complexity index is 430. The summed E-state index contributed by atoms with van der Waals surface area (Å²) in [6.45, 7) is 7.00. The van der Waals surface area contributed by atoms with E-state index in [2.05, 4.69) is 34.3 Å². The van der Waals surface area contributed by atoms with Crippen LogP contribution in [0.3, 0.4) is 0 Å². The SMILES string of the molecule is CN1CCN(c2cc(Cl)ccc2CCCNCCN)CC1. The number of piperazine rings is 1. The van der Waals surface area contributed by atoms with Gasteiger partial charge in [0.1, 0.15) is 0 Å². The summed E-state index contributed by atoms with van der Waals surface area (Å²) >= 11 is 6.20. The van der Waals surface area contributed by atoms with Gasteiger partial charge in [0.05, 0.1) is 0 Å². The first-order valence-corrected chi connectivity index (χ1v) is 8.21. The third kappa shape index (κ3) is 5.15. The lowest BCUT2D eigenvalue weighted by molar-refractivity contribution is 0.312. The minimum atomic E-state index is 0.702. The molecule has 1 aliphatic rings. The van der Waals surface area contributed by atoms with Crippen molar-refractivity contribution in [2.24, 2.45) is 5.73 Å². The van der Waals surface area contributed by atoms with Crippen molar-refractivity contribution in [2.75, 3.05) is 57.8 Å². The smallest absolute Gasteiger partial charge is 0.0426 e. The molecule has 0 aromatic heterocycles. The number of halogens is 1. The molecule has 1 heterocycles. The molecule has 0 unspecified atom stereocenters. The van der Waals surface area contributed by atoms with Crippen molar-refractivity contribution in [3.63, 3.8) is 0 Å². The summed E-state index contributed by atoms with van der Waals surface area (Å²) in [5.74, 6) is 0. The second kappa shape index (κ2) is 8.59. The van der Waals surface area contributed by atoms with Crippen molar-refractivity contribution in [1.29, 1.82) is 0 Å². The fourth-order valence-corrected chi connectivity index (χ4v) is 2.89. The molecule has 0 radical (unpaired) electrons. The molecule has 0 spiro atoms. The van der Waals surface area contributed by atoms with Crippen LogP contribution in [0.15, 0.2) is 18.2 Å². The maximum atomic E-state index is 6.20. The van der Waals surface area contributed by atoms with Crippen molar-refractivity contribution in [2.45, 2.75) is 12.8 Å². The molecule has 0 amide bonds. The van der Waals surface area contributed by atoms with Gasteiger partial charge in [0.2, 0.25) is 0 Å². The van der Waals surface area contributed by atoms with E-state index in [4.69, 9.17) is 17.3 Å². The van der Waals surface area contributed by atoms with E-state index in [0.717, 1.165) is 57.1 Å². The highest BCUT2D eigenvalue weighted by Gasteiger charge is 2.17. The first-order valence-electron chi connectivity index (χ1n) is 7.83. The summed E-state index contributed by atoms with van der Waals surface area (Å²) in [7, 11) is 2.18. The Balaban J connectivity index is 1.96. The Morgan fingerprint density at radius 2 is 1.95 bits per heavy atom. The lowest BCUT2D eigenvalue weighted by Crippen LogP contribution is -2.44. The zero-order valence-corrected chi connectivity index (χ0v) is 13.7. The molecule has 1 fully saturated rings. The molecule has 1 aliphatic heterocycles. The number of benzene rings is 1. The largest absolute Gasteiger partial charge is 0.369 e. The molecule has 2 rings (SSSR count). The zero-order chi connectivity index (χ0) is 15.1. The van der Waals surface area contributed by atoms with Gasteiger partial charge in [-0.2, -0.15) is 0 Å². The third-order valence-corrected chi connectivity index (χ3v) is 4.25. The van der Waals surface area contributed by atoms with Gasteiger partial charge in [0.15, 0.2) is 0 Å². The Kier molecular flexibility index (Phi) is 6.77. The quantitative estimate of drug-likeness (QED) is 0.751. The molecule has 0 aliphatic carbocycles. The van der Waals surface area contributed by atoms with E-state index in [9.17, 15) is 0 Å². The number of nitrogens with zero attached hydrogens (tertiary/aromatic N) is 2. The highest BCUT2D eigenvalue weighted by Crippen LogP contribution is 2.27. The molecule has 5 heteroatoms. The van der Waals surface area contributed by atoms with Gasteiger partial charge < -0.3 is 20.9 Å². The van der Waals surface area contributed by atoms with Gasteiger partial charge >= 0.3 is 0 Å². The standard InChI is InChI=1S/C16H27ClN4/c1-20-9-11-21(12-10-20)16-13-15(17)5-4-14(16)3-2-7-19-8-6-18/h4-5,13,19H,2-3,6-12,18H2,1H3. The summed E-state index contributed by atoms with van der Waals surface area (Å²) in [4.78, 5) is 4.84. The normalized spacial score (nSPS) is 16.4. The minimum Gasteiger partial charge on any atom is -0.369 e. The first kappa shape index (κ1) is 16.6. The molecule has 3 N–H and O–H groups in total. The first-order chi connectivity index (χ1) is 10.2. The summed E-state index contributed by atoms with van der Waals surface area (Å²) in [5.41, 5.74) is 8.20. The van der Waals surface area contributed by atoms with Gasteiger partial charge in [0.25, 0.3) is 0 Å². The topological polar surface area (TPSA) is 44.5 Å². The van der Waals surface area contributed by atoms with Crippen LogP contribution in [0.25, 0.3) is 0 Å². The Labute approximate surface area is 133 Å². The molecule has 118 valence electrons. The van der Waals surface area contributed by atoms with Gasteiger partial charge in [-0.25, -0.2) is 0 Å². The number of rotatable bonds is 7. The number of nitrogens with two attached hydrogens (primary N) is 1. The average Bonchev–Trinajstić information content (AvgIpc) is 2.49. The molecule has 21 heavy (non-hydrogen) atoms. The Morgan fingerprint density at radius 3 is 2.67 bits per heavy atom. The van der Waals surface area contributed by atoms with Crippen LogP contribution in [0.1, 0.15) is 12.0 Å². The lowest BCUT2D eigenvalue weighted by atomic mass is 10.1. The molecule has 0 bridgehead atoms. The fourth-order valence-electron chi connectivity index (χ4n) is 2.72. The number of hydrogen-bond acceptors (Lipinski definition) is 4. The second-order valence-electron chi connectivity index (χ2n) is 5.71. The predicted octanol–water partition coefficient (Wildman–Crippen LogP) is 1.57.